The van der Waals surface area contributed by atoms with Crippen LogP contribution in [0.15, 0.2) is 12.1 Å². The molecule has 0 amide bonds. The number of piperazine rings is 1. The van der Waals surface area contributed by atoms with Crippen molar-refractivity contribution >= 4 is 11.3 Å². The largest absolute Gasteiger partial charge is 0.396 e. The first-order chi connectivity index (χ1) is 11.2. The van der Waals surface area contributed by atoms with Gasteiger partial charge in [0.15, 0.2) is 0 Å². The van der Waals surface area contributed by atoms with E-state index in [1.54, 1.807) is 0 Å². The summed E-state index contributed by atoms with van der Waals surface area (Å²) in [6.45, 7) is 8.30. The average molecular weight is 337 g/mol. The molecule has 1 saturated carbocycles. The monoisotopic (exact) mass is 336 g/mol. The van der Waals surface area contributed by atoms with Gasteiger partial charge in [-0.25, -0.2) is 0 Å². The molecule has 1 aliphatic heterocycles. The first-order valence-corrected chi connectivity index (χ1v) is 10.2. The van der Waals surface area contributed by atoms with E-state index in [9.17, 15) is 5.11 Å². The van der Waals surface area contributed by atoms with Gasteiger partial charge >= 0.3 is 0 Å². The lowest BCUT2D eigenvalue weighted by Crippen LogP contribution is -2.54. The Hall–Kier alpha value is -0.420. The van der Waals surface area contributed by atoms with E-state index in [4.69, 9.17) is 0 Å². The average Bonchev–Trinajstić information content (AvgIpc) is 2.96. The minimum Gasteiger partial charge on any atom is -0.396 e. The van der Waals surface area contributed by atoms with Crippen molar-refractivity contribution < 1.29 is 5.11 Å². The van der Waals surface area contributed by atoms with Crippen molar-refractivity contribution in [1.82, 2.24) is 9.80 Å². The molecule has 2 fully saturated rings. The third kappa shape index (κ3) is 5.02. The van der Waals surface area contributed by atoms with E-state index < -0.39 is 0 Å². The van der Waals surface area contributed by atoms with Crippen LogP contribution in [0.1, 0.15) is 48.3 Å². The molecular formula is C19H32N2OS. The minimum absolute atomic E-state index is 0.317. The highest BCUT2D eigenvalue weighted by atomic mass is 32.1. The van der Waals surface area contributed by atoms with Gasteiger partial charge in [-0.05, 0) is 44.2 Å². The number of thiophene rings is 1. The molecule has 130 valence electrons. The second-order valence-electron chi connectivity index (χ2n) is 7.41. The Morgan fingerprint density at radius 2 is 2.00 bits per heavy atom. The number of rotatable bonds is 6. The third-order valence-electron chi connectivity index (χ3n) is 5.54. The summed E-state index contributed by atoms with van der Waals surface area (Å²) in [5.41, 5.74) is 0. The molecule has 1 saturated heterocycles. The summed E-state index contributed by atoms with van der Waals surface area (Å²) in [6, 6.07) is 5.04. The zero-order chi connectivity index (χ0) is 16.1. The van der Waals surface area contributed by atoms with Crippen LogP contribution in [-0.4, -0.2) is 53.7 Å². The Kier molecular flexibility index (Phi) is 6.52. The van der Waals surface area contributed by atoms with Crippen LogP contribution in [0.5, 0.6) is 0 Å². The number of hydrogen-bond acceptors (Lipinski definition) is 4. The molecule has 0 spiro atoms. The van der Waals surface area contributed by atoms with E-state index >= 15 is 0 Å². The van der Waals surface area contributed by atoms with Gasteiger partial charge in [0.05, 0.1) is 0 Å². The Balaban J connectivity index is 1.54. The number of aryl methyl sites for hydroxylation is 1. The van der Waals surface area contributed by atoms with Crippen LogP contribution in [0, 0.1) is 12.8 Å². The van der Waals surface area contributed by atoms with Crippen molar-refractivity contribution in [3.63, 3.8) is 0 Å². The van der Waals surface area contributed by atoms with E-state index in [0.29, 0.717) is 12.6 Å². The second-order valence-corrected chi connectivity index (χ2v) is 8.79. The van der Waals surface area contributed by atoms with E-state index in [2.05, 4.69) is 28.9 Å². The first kappa shape index (κ1) is 17.4. The van der Waals surface area contributed by atoms with E-state index in [0.717, 1.165) is 25.4 Å². The number of nitrogens with zero attached hydrogens (tertiary/aromatic N) is 2. The number of hydrogen-bond donors (Lipinski definition) is 1. The molecule has 3 nitrogen and oxygen atoms in total. The van der Waals surface area contributed by atoms with E-state index in [1.165, 1.54) is 61.5 Å². The maximum atomic E-state index is 9.48. The summed E-state index contributed by atoms with van der Waals surface area (Å²) in [7, 11) is 0. The maximum Gasteiger partial charge on any atom is 0.0446 e. The molecule has 0 aromatic carbocycles. The van der Waals surface area contributed by atoms with E-state index in [-0.39, 0.29) is 0 Å². The van der Waals surface area contributed by atoms with Gasteiger partial charge in [-0.15, -0.1) is 11.3 Å². The summed E-state index contributed by atoms with van der Waals surface area (Å²) in [4.78, 5) is 8.15. The molecule has 2 heterocycles. The molecule has 0 bridgehead atoms. The van der Waals surface area contributed by atoms with Crippen molar-refractivity contribution in [2.45, 2.75) is 58.0 Å². The molecule has 1 N–H and O–H groups in total. The lowest BCUT2D eigenvalue weighted by Gasteiger charge is -2.43. The number of aliphatic hydroxyl groups excluding tert-OH is 1. The molecule has 1 aromatic heterocycles. The molecule has 4 heteroatoms. The van der Waals surface area contributed by atoms with Crippen LogP contribution in [0.25, 0.3) is 0 Å². The summed E-state index contributed by atoms with van der Waals surface area (Å²) in [5, 5.41) is 9.48. The van der Waals surface area contributed by atoms with Crippen LogP contribution in [-0.2, 0) is 6.54 Å². The molecule has 1 aliphatic carbocycles. The topological polar surface area (TPSA) is 26.7 Å². The number of aliphatic hydroxyl groups is 1. The molecule has 23 heavy (non-hydrogen) atoms. The van der Waals surface area contributed by atoms with Gasteiger partial charge in [-0.2, -0.15) is 0 Å². The van der Waals surface area contributed by atoms with Crippen LogP contribution in [0.3, 0.4) is 0 Å². The fourth-order valence-electron chi connectivity index (χ4n) is 4.26. The van der Waals surface area contributed by atoms with Gasteiger partial charge in [0.1, 0.15) is 0 Å². The van der Waals surface area contributed by atoms with Gasteiger partial charge in [0, 0.05) is 55.1 Å². The molecule has 1 atom stereocenters. The highest BCUT2D eigenvalue weighted by Crippen LogP contribution is 2.27. The summed E-state index contributed by atoms with van der Waals surface area (Å²) in [6.07, 6.45) is 8.04. The first-order valence-electron chi connectivity index (χ1n) is 9.37. The summed E-state index contributed by atoms with van der Waals surface area (Å²) in [5.74, 6) is 0.899. The third-order valence-corrected chi connectivity index (χ3v) is 6.53. The van der Waals surface area contributed by atoms with Gasteiger partial charge in [0.2, 0.25) is 0 Å². The summed E-state index contributed by atoms with van der Waals surface area (Å²) < 4.78 is 0. The zero-order valence-corrected chi connectivity index (χ0v) is 15.4. The Morgan fingerprint density at radius 1 is 1.17 bits per heavy atom. The highest BCUT2D eigenvalue weighted by molar-refractivity contribution is 7.11. The van der Waals surface area contributed by atoms with Gasteiger partial charge < -0.3 is 5.11 Å². The van der Waals surface area contributed by atoms with Crippen molar-refractivity contribution in [3.8, 4) is 0 Å². The fourth-order valence-corrected chi connectivity index (χ4v) is 5.19. The van der Waals surface area contributed by atoms with Gasteiger partial charge in [-0.3, -0.25) is 9.80 Å². The molecular weight excluding hydrogens is 304 g/mol. The van der Waals surface area contributed by atoms with E-state index in [1.807, 2.05) is 11.3 Å². The standard InChI is InChI=1S/C19H32N2OS/c1-16-7-8-19(23-16)15-20-10-11-21(18(14-20)9-12-22)13-17-5-3-2-4-6-17/h7-8,17-18,22H,2-6,9-15H2,1H3/t18-/m1/s1. The quantitative estimate of drug-likeness (QED) is 0.861. The normalized spacial score (nSPS) is 25.0. The molecule has 0 radical (unpaired) electrons. The van der Waals surface area contributed by atoms with Crippen molar-refractivity contribution in [2.75, 3.05) is 32.8 Å². The van der Waals surface area contributed by atoms with Crippen molar-refractivity contribution in [3.05, 3.63) is 21.9 Å². The molecule has 0 unspecified atom stereocenters. The molecule has 2 aliphatic rings. The SMILES string of the molecule is Cc1ccc(CN2CCN(CC3CCCCC3)[C@H](CCO)C2)s1. The highest BCUT2D eigenvalue weighted by Gasteiger charge is 2.28. The zero-order valence-electron chi connectivity index (χ0n) is 14.5. The van der Waals surface area contributed by atoms with Crippen molar-refractivity contribution in [2.24, 2.45) is 5.92 Å². The Bertz CT molecular complexity index is 470. The fraction of sp³-hybridized carbons (Fsp3) is 0.789. The lowest BCUT2D eigenvalue weighted by molar-refractivity contribution is 0.0404. The summed E-state index contributed by atoms with van der Waals surface area (Å²) >= 11 is 1.92. The smallest absolute Gasteiger partial charge is 0.0446 e. The van der Waals surface area contributed by atoms with Crippen LogP contribution in [0.4, 0.5) is 0 Å². The van der Waals surface area contributed by atoms with Crippen LogP contribution in [0.2, 0.25) is 0 Å². The van der Waals surface area contributed by atoms with Crippen LogP contribution >= 0.6 is 11.3 Å². The van der Waals surface area contributed by atoms with Crippen LogP contribution < -0.4 is 0 Å². The van der Waals surface area contributed by atoms with Gasteiger partial charge in [0.25, 0.3) is 0 Å². The Morgan fingerprint density at radius 3 is 2.70 bits per heavy atom. The minimum atomic E-state index is 0.317. The predicted octanol–water partition coefficient (Wildman–Crippen LogP) is 3.51. The molecule has 1 aromatic rings. The lowest BCUT2D eigenvalue weighted by atomic mass is 9.88. The Labute approximate surface area is 145 Å². The maximum absolute atomic E-state index is 9.48. The van der Waals surface area contributed by atoms with Gasteiger partial charge in [-0.1, -0.05) is 19.3 Å². The van der Waals surface area contributed by atoms with Crippen molar-refractivity contribution in [1.29, 1.82) is 0 Å². The second kappa shape index (κ2) is 8.61. The predicted molar refractivity (Wildman–Crippen MR) is 98.0 cm³/mol. The molecule has 3 rings (SSSR count).